The van der Waals surface area contributed by atoms with Gasteiger partial charge in [-0.2, -0.15) is 0 Å². The zero-order chi connectivity index (χ0) is 15.1. The van der Waals surface area contributed by atoms with E-state index >= 15 is 0 Å². The average molecular weight is 289 g/mol. The van der Waals surface area contributed by atoms with Crippen LogP contribution in [0, 0.1) is 0 Å². The first kappa shape index (κ1) is 16.2. The zero-order valence-corrected chi connectivity index (χ0v) is 11.2. The Balaban J connectivity index is 2.71. The molecule has 9 nitrogen and oxygen atoms in total. The molecule has 20 heavy (non-hydrogen) atoms. The molecule has 1 heterocycles. The molecule has 4 N–H and O–H groups in total. The molecular formula is C11H19N3O6. The summed E-state index contributed by atoms with van der Waals surface area (Å²) in [6, 6.07) is -2.93. The van der Waals surface area contributed by atoms with Gasteiger partial charge in [0.2, 0.25) is 5.91 Å². The van der Waals surface area contributed by atoms with Crippen LogP contribution in [0.5, 0.6) is 0 Å². The van der Waals surface area contributed by atoms with Crippen molar-refractivity contribution in [1.29, 1.82) is 0 Å². The van der Waals surface area contributed by atoms with Crippen molar-refractivity contribution in [3.05, 3.63) is 0 Å². The van der Waals surface area contributed by atoms with E-state index in [0.717, 1.165) is 0 Å². The molecule has 1 unspecified atom stereocenters. The summed E-state index contributed by atoms with van der Waals surface area (Å²) in [4.78, 5) is 35.8. The average Bonchev–Trinajstić information content (AvgIpc) is 2.44. The van der Waals surface area contributed by atoms with Gasteiger partial charge in [-0.1, -0.05) is 0 Å². The Morgan fingerprint density at radius 1 is 1.45 bits per heavy atom. The molecule has 9 heteroatoms. The van der Waals surface area contributed by atoms with Gasteiger partial charge >= 0.3 is 12.0 Å². The number of carboxylic acid groups (broad SMARTS) is 1. The zero-order valence-electron chi connectivity index (χ0n) is 11.2. The van der Waals surface area contributed by atoms with Crippen LogP contribution in [0.15, 0.2) is 0 Å². The summed E-state index contributed by atoms with van der Waals surface area (Å²) in [5.74, 6) is -1.71. The van der Waals surface area contributed by atoms with Crippen LogP contribution in [-0.2, 0) is 14.3 Å². The SMILES string of the molecule is CCNC(=O)C1COCCN1C(=O)N[C@@H](CO)C(=O)O. The lowest BCUT2D eigenvalue weighted by atomic mass is 10.2. The molecule has 0 radical (unpaired) electrons. The van der Waals surface area contributed by atoms with Crippen LogP contribution in [0.1, 0.15) is 6.92 Å². The molecule has 114 valence electrons. The van der Waals surface area contributed by atoms with Gasteiger partial charge in [0.05, 0.1) is 19.8 Å². The quantitative estimate of drug-likeness (QED) is 0.462. The first-order chi connectivity index (χ1) is 9.51. The Hall–Kier alpha value is -1.87. The van der Waals surface area contributed by atoms with Crippen molar-refractivity contribution in [2.24, 2.45) is 0 Å². The number of carbonyl (C=O) groups is 3. The van der Waals surface area contributed by atoms with Crippen molar-refractivity contribution in [3.63, 3.8) is 0 Å². The summed E-state index contributed by atoms with van der Waals surface area (Å²) in [5, 5.41) is 22.4. The Bertz CT molecular complexity index is 375. The van der Waals surface area contributed by atoms with Gasteiger partial charge in [-0.15, -0.1) is 0 Å². The number of aliphatic hydroxyl groups excluding tert-OH is 1. The van der Waals surface area contributed by atoms with Crippen LogP contribution in [-0.4, -0.2) is 78.0 Å². The molecule has 0 aromatic carbocycles. The first-order valence-corrected chi connectivity index (χ1v) is 6.27. The largest absolute Gasteiger partial charge is 0.480 e. The van der Waals surface area contributed by atoms with Crippen molar-refractivity contribution in [3.8, 4) is 0 Å². The van der Waals surface area contributed by atoms with E-state index in [-0.39, 0.29) is 25.7 Å². The molecule has 1 fully saturated rings. The van der Waals surface area contributed by atoms with Crippen LogP contribution in [0.4, 0.5) is 4.79 Å². The predicted octanol–water partition coefficient (Wildman–Crippen LogP) is -2.02. The Morgan fingerprint density at radius 2 is 2.15 bits per heavy atom. The van der Waals surface area contributed by atoms with E-state index in [1.807, 2.05) is 0 Å². The van der Waals surface area contributed by atoms with Crippen molar-refractivity contribution in [2.75, 3.05) is 32.9 Å². The van der Waals surface area contributed by atoms with Gasteiger partial charge in [-0.25, -0.2) is 9.59 Å². The van der Waals surface area contributed by atoms with Crippen LogP contribution in [0.2, 0.25) is 0 Å². The maximum absolute atomic E-state index is 12.0. The third kappa shape index (κ3) is 4.07. The minimum absolute atomic E-state index is 0.0517. The van der Waals surface area contributed by atoms with Crippen LogP contribution >= 0.6 is 0 Å². The maximum Gasteiger partial charge on any atom is 0.328 e. The highest BCUT2D eigenvalue weighted by molar-refractivity contribution is 5.89. The highest BCUT2D eigenvalue weighted by Crippen LogP contribution is 2.08. The lowest BCUT2D eigenvalue weighted by Gasteiger charge is -2.34. The molecule has 0 aromatic heterocycles. The number of ether oxygens (including phenoxy) is 1. The molecule has 0 bridgehead atoms. The number of aliphatic hydroxyl groups is 1. The van der Waals surface area contributed by atoms with Gasteiger partial charge in [0, 0.05) is 13.1 Å². The lowest BCUT2D eigenvalue weighted by Crippen LogP contribution is -2.60. The number of aliphatic carboxylic acids is 1. The van der Waals surface area contributed by atoms with Gasteiger partial charge in [0.1, 0.15) is 6.04 Å². The van der Waals surface area contributed by atoms with Crippen molar-refractivity contribution in [2.45, 2.75) is 19.0 Å². The summed E-state index contributed by atoms with van der Waals surface area (Å²) in [5.41, 5.74) is 0. The van der Waals surface area contributed by atoms with Gasteiger partial charge in [0.25, 0.3) is 0 Å². The van der Waals surface area contributed by atoms with Gasteiger partial charge in [-0.3, -0.25) is 4.79 Å². The Labute approximate surface area is 115 Å². The highest BCUT2D eigenvalue weighted by Gasteiger charge is 2.34. The monoisotopic (exact) mass is 289 g/mol. The molecule has 3 amide bonds. The third-order valence-electron chi connectivity index (χ3n) is 2.82. The van der Waals surface area contributed by atoms with E-state index in [1.165, 1.54) is 4.90 Å². The fourth-order valence-corrected chi connectivity index (χ4v) is 1.77. The van der Waals surface area contributed by atoms with Gasteiger partial charge in [0.15, 0.2) is 6.04 Å². The van der Waals surface area contributed by atoms with Crippen molar-refractivity contribution in [1.82, 2.24) is 15.5 Å². The number of morpholine rings is 1. The van der Waals surface area contributed by atoms with E-state index < -0.39 is 30.7 Å². The standard InChI is InChI=1S/C11H19N3O6/c1-2-12-9(16)8-6-20-4-3-14(8)11(19)13-7(5-15)10(17)18/h7-8,15H,2-6H2,1H3,(H,12,16)(H,13,19)(H,17,18)/t7-,8?/m0/s1. The fraction of sp³-hybridized carbons (Fsp3) is 0.727. The van der Waals surface area contributed by atoms with E-state index in [0.29, 0.717) is 6.54 Å². The summed E-state index contributed by atoms with van der Waals surface area (Å²) in [6.45, 7) is 1.93. The first-order valence-electron chi connectivity index (χ1n) is 6.27. The van der Waals surface area contributed by atoms with E-state index in [4.69, 9.17) is 14.9 Å². The van der Waals surface area contributed by atoms with Gasteiger partial charge < -0.3 is 30.5 Å². The molecule has 0 saturated carbocycles. The highest BCUT2D eigenvalue weighted by atomic mass is 16.5. The number of amides is 3. The van der Waals surface area contributed by atoms with Crippen LogP contribution in [0.25, 0.3) is 0 Å². The predicted molar refractivity (Wildman–Crippen MR) is 67.0 cm³/mol. The molecule has 0 aromatic rings. The number of hydrogen-bond donors (Lipinski definition) is 4. The van der Waals surface area contributed by atoms with E-state index in [1.54, 1.807) is 6.92 Å². The number of likely N-dealkylation sites (N-methyl/N-ethyl adjacent to an activating group) is 1. The second kappa shape index (κ2) is 7.65. The molecular weight excluding hydrogens is 270 g/mol. The number of urea groups is 1. The smallest absolute Gasteiger partial charge is 0.328 e. The number of carboxylic acids is 1. The maximum atomic E-state index is 12.0. The van der Waals surface area contributed by atoms with Crippen LogP contribution in [0.3, 0.4) is 0 Å². The van der Waals surface area contributed by atoms with Crippen LogP contribution < -0.4 is 10.6 Å². The fourth-order valence-electron chi connectivity index (χ4n) is 1.77. The van der Waals surface area contributed by atoms with Gasteiger partial charge in [-0.05, 0) is 6.92 Å². The topological polar surface area (TPSA) is 128 Å². The number of nitrogens with zero attached hydrogens (tertiary/aromatic N) is 1. The minimum atomic E-state index is -1.40. The number of carbonyl (C=O) groups excluding carboxylic acids is 2. The summed E-state index contributed by atoms with van der Waals surface area (Å²) in [7, 11) is 0. The molecule has 0 spiro atoms. The number of rotatable bonds is 5. The molecule has 1 aliphatic rings. The van der Waals surface area contributed by atoms with E-state index in [9.17, 15) is 14.4 Å². The molecule has 2 atom stereocenters. The second-order valence-electron chi connectivity index (χ2n) is 4.20. The number of hydrogen-bond acceptors (Lipinski definition) is 5. The third-order valence-corrected chi connectivity index (χ3v) is 2.82. The van der Waals surface area contributed by atoms with Crippen molar-refractivity contribution < 1.29 is 29.3 Å². The molecule has 1 aliphatic heterocycles. The summed E-state index contributed by atoms with van der Waals surface area (Å²) in [6.07, 6.45) is 0. The Kier molecular flexibility index (Phi) is 6.19. The van der Waals surface area contributed by atoms with Crippen molar-refractivity contribution >= 4 is 17.9 Å². The van der Waals surface area contributed by atoms with E-state index in [2.05, 4.69) is 10.6 Å². The summed E-state index contributed by atoms with van der Waals surface area (Å²) >= 11 is 0. The summed E-state index contributed by atoms with van der Waals surface area (Å²) < 4.78 is 5.16. The Morgan fingerprint density at radius 3 is 2.70 bits per heavy atom. The normalized spacial score (nSPS) is 20.1. The lowest BCUT2D eigenvalue weighted by molar-refractivity contribution is -0.140. The molecule has 1 rings (SSSR count). The molecule has 1 saturated heterocycles. The minimum Gasteiger partial charge on any atom is -0.480 e. The second-order valence-corrected chi connectivity index (χ2v) is 4.20. The molecule has 0 aliphatic carbocycles. The number of nitrogens with one attached hydrogen (secondary N) is 2.